The van der Waals surface area contributed by atoms with E-state index in [2.05, 4.69) is 46.5 Å². The SMILES string of the molecule is CCN(C)Cc1cccc(CNC(=O)CCc2nnc(-c3ccsc3)o2)c1. The van der Waals surface area contributed by atoms with Gasteiger partial charge in [0, 0.05) is 36.9 Å². The highest BCUT2D eigenvalue weighted by molar-refractivity contribution is 7.08. The number of hydrogen-bond donors (Lipinski definition) is 1. The molecule has 1 aromatic carbocycles. The van der Waals surface area contributed by atoms with Crippen molar-refractivity contribution in [3.8, 4) is 11.5 Å². The third-order valence-corrected chi connectivity index (χ3v) is 4.96. The molecule has 3 aromatic rings. The summed E-state index contributed by atoms with van der Waals surface area (Å²) in [6.07, 6.45) is 0.758. The van der Waals surface area contributed by atoms with Crippen molar-refractivity contribution >= 4 is 17.2 Å². The van der Waals surface area contributed by atoms with Gasteiger partial charge >= 0.3 is 0 Å². The van der Waals surface area contributed by atoms with Crippen molar-refractivity contribution in [1.29, 1.82) is 0 Å². The molecule has 0 atom stereocenters. The van der Waals surface area contributed by atoms with Crippen molar-refractivity contribution in [3.63, 3.8) is 0 Å². The normalized spacial score (nSPS) is 11.1. The number of benzene rings is 1. The number of aryl methyl sites for hydroxylation is 1. The molecule has 7 heteroatoms. The van der Waals surface area contributed by atoms with Crippen molar-refractivity contribution in [3.05, 3.63) is 58.1 Å². The fraction of sp³-hybridized carbons (Fsp3) is 0.350. The summed E-state index contributed by atoms with van der Waals surface area (Å²) in [6, 6.07) is 10.2. The highest BCUT2D eigenvalue weighted by Gasteiger charge is 2.11. The van der Waals surface area contributed by atoms with Crippen LogP contribution >= 0.6 is 11.3 Å². The first-order chi connectivity index (χ1) is 13.1. The van der Waals surface area contributed by atoms with Crippen LogP contribution in [-0.2, 0) is 24.3 Å². The summed E-state index contributed by atoms with van der Waals surface area (Å²) in [5.41, 5.74) is 3.26. The Bertz CT molecular complexity index is 861. The Morgan fingerprint density at radius 1 is 1.26 bits per heavy atom. The second-order valence-corrected chi connectivity index (χ2v) is 7.22. The van der Waals surface area contributed by atoms with E-state index in [1.807, 2.05) is 29.0 Å². The lowest BCUT2D eigenvalue weighted by molar-refractivity contribution is -0.121. The molecule has 0 unspecified atom stereocenters. The van der Waals surface area contributed by atoms with Gasteiger partial charge in [0.15, 0.2) is 0 Å². The third-order valence-electron chi connectivity index (χ3n) is 4.27. The lowest BCUT2D eigenvalue weighted by Gasteiger charge is -2.14. The van der Waals surface area contributed by atoms with Gasteiger partial charge in [-0.05, 0) is 36.2 Å². The van der Waals surface area contributed by atoms with Gasteiger partial charge in [-0.25, -0.2) is 0 Å². The van der Waals surface area contributed by atoms with Crippen molar-refractivity contribution in [1.82, 2.24) is 20.4 Å². The minimum atomic E-state index is -0.0265. The summed E-state index contributed by atoms with van der Waals surface area (Å²) in [7, 11) is 2.09. The molecule has 0 aliphatic rings. The molecule has 2 aromatic heterocycles. The van der Waals surface area contributed by atoms with Gasteiger partial charge in [-0.2, -0.15) is 11.3 Å². The lowest BCUT2D eigenvalue weighted by atomic mass is 10.1. The Morgan fingerprint density at radius 3 is 2.89 bits per heavy atom. The van der Waals surface area contributed by atoms with Crippen LogP contribution < -0.4 is 5.32 Å². The van der Waals surface area contributed by atoms with Gasteiger partial charge in [0.25, 0.3) is 0 Å². The fourth-order valence-corrected chi connectivity index (χ4v) is 3.26. The average molecular weight is 385 g/mol. The van der Waals surface area contributed by atoms with Crippen molar-refractivity contribution in [2.24, 2.45) is 0 Å². The quantitative estimate of drug-likeness (QED) is 0.611. The van der Waals surface area contributed by atoms with Crippen LogP contribution in [0.4, 0.5) is 0 Å². The summed E-state index contributed by atoms with van der Waals surface area (Å²) in [4.78, 5) is 14.4. The molecule has 0 bridgehead atoms. The van der Waals surface area contributed by atoms with Crippen LogP contribution in [-0.4, -0.2) is 34.6 Å². The van der Waals surface area contributed by atoms with E-state index in [0.29, 0.717) is 31.2 Å². The number of amides is 1. The second kappa shape index (κ2) is 9.43. The number of hydrogen-bond acceptors (Lipinski definition) is 6. The molecule has 1 N–H and O–H groups in total. The van der Waals surface area contributed by atoms with E-state index in [1.54, 1.807) is 11.3 Å². The van der Waals surface area contributed by atoms with Gasteiger partial charge in [-0.15, -0.1) is 10.2 Å². The zero-order chi connectivity index (χ0) is 19.1. The van der Waals surface area contributed by atoms with Crippen LogP contribution in [0, 0.1) is 0 Å². The number of nitrogens with zero attached hydrogens (tertiary/aromatic N) is 3. The average Bonchev–Trinajstić information content (AvgIpc) is 3.36. The third kappa shape index (κ3) is 5.74. The van der Waals surface area contributed by atoms with Crippen molar-refractivity contribution in [2.75, 3.05) is 13.6 Å². The van der Waals surface area contributed by atoms with Gasteiger partial charge in [-0.1, -0.05) is 31.2 Å². The summed E-state index contributed by atoms with van der Waals surface area (Å²) in [6.45, 7) is 4.57. The maximum Gasteiger partial charge on any atom is 0.248 e. The van der Waals surface area contributed by atoms with Crippen LogP contribution in [0.2, 0.25) is 0 Å². The molecule has 2 heterocycles. The molecular weight excluding hydrogens is 360 g/mol. The molecule has 0 radical (unpaired) electrons. The highest BCUT2D eigenvalue weighted by Crippen LogP contribution is 2.20. The Morgan fingerprint density at radius 2 is 2.11 bits per heavy atom. The highest BCUT2D eigenvalue weighted by atomic mass is 32.1. The van der Waals surface area contributed by atoms with Gasteiger partial charge in [0.1, 0.15) is 0 Å². The molecular formula is C20H24N4O2S. The van der Waals surface area contributed by atoms with Gasteiger partial charge in [0.2, 0.25) is 17.7 Å². The standard InChI is InChI=1S/C20H24N4O2S/c1-3-24(2)13-16-6-4-5-15(11-16)12-21-18(25)7-8-19-22-23-20(26-19)17-9-10-27-14-17/h4-6,9-11,14H,3,7-8,12-13H2,1-2H3,(H,21,25). The van der Waals surface area contributed by atoms with E-state index in [0.717, 1.165) is 24.2 Å². The number of aromatic nitrogens is 2. The van der Waals surface area contributed by atoms with Crippen molar-refractivity contribution < 1.29 is 9.21 Å². The zero-order valence-electron chi connectivity index (χ0n) is 15.6. The largest absolute Gasteiger partial charge is 0.421 e. The van der Waals surface area contributed by atoms with Gasteiger partial charge in [0.05, 0.1) is 0 Å². The first-order valence-corrected chi connectivity index (χ1v) is 9.96. The van der Waals surface area contributed by atoms with Crippen LogP contribution in [0.3, 0.4) is 0 Å². The summed E-state index contributed by atoms with van der Waals surface area (Å²) >= 11 is 1.58. The number of nitrogens with one attached hydrogen (secondary N) is 1. The van der Waals surface area contributed by atoms with E-state index >= 15 is 0 Å². The Kier molecular flexibility index (Phi) is 6.73. The molecule has 0 aliphatic carbocycles. The first-order valence-electron chi connectivity index (χ1n) is 9.02. The Balaban J connectivity index is 1.45. The fourth-order valence-electron chi connectivity index (χ4n) is 2.63. The molecule has 3 rings (SSSR count). The van der Waals surface area contributed by atoms with E-state index in [9.17, 15) is 4.79 Å². The van der Waals surface area contributed by atoms with Crippen LogP contribution in [0.1, 0.15) is 30.4 Å². The molecule has 27 heavy (non-hydrogen) atoms. The van der Waals surface area contributed by atoms with Crippen LogP contribution in [0.25, 0.3) is 11.5 Å². The second-order valence-electron chi connectivity index (χ2n) is 6.44. The minimum Gasteiger partial charge on any atom is -0.421 e. The minimum absolute atomic E-state index is 0.0265. The number of carbonyl (C=O) groups is 1. The maximum atomic E-state index is 12.1. The molecule has 0 spiro atoms. The van der Waals surface area contributed by atoms with Crippen LogP contribution in [0.15, 0.2) is 45.5 Å². The van der Waals surface area contributed by atoms with Crippen LogP contribution in [0.5, 0.6) is 0 Å². The zero-order valence-corrected chi connectivity index (χ0v) is 16.5. The Hall–Kier alpha value is -2.51. The first kappa shape index (κ1) is 19.3. The summed E-state index contributed by atoms with van der Waals surface area (Å²) in [5, 5.41) is 14.9. The molecule has 0 saturated carbocycles. The number of thiophene rings is 1. The molecule has 0 saturated heterocycles. The maximum absolute atomic E-state index is 12.1. The van der Waals surface area contributed by atoms with Gasteiger partial charge in [-0.3, -0.25) is 4.79 Å². The topological polar surface area (TPSA) is 71.3 Å². The predicted molar refractivity (Wildman–Crippen MR) is 106 cm³/mol. The van der Waals surface area contributed by atoms with E-state index in [1.165, 1.54) is 5.56 Å². The number of rotatable bonds is 9. The molecule has 0 aliphatic heterocycles. The molecule has 6 nitrogen and oxygen atoms in total. The summed E-state index contributed by atoms with van der Waals surface area (Å²) in [5.74, 6) is 0.956. The summed E-state index contributed by atoms with van der Waals surface area (Å²) < 4.78 is 5.60. The number of carbonyl (C=O) groups excluding carboxylic acids is 1. The monoisotopic (exact) mass is 384 g/mol. The lowest BCUT2D eigenvalue weighted by Crippen LogP contribution is -2.23. The molecule has 0 fully saturated rings. The van der Waals surface area contributed by atoms with Gasteiger partial charge < -0.3 is 14.6 Å². The van der Waals surface area contributed by atoms with E-state index in [-0.39, 0.29) is 5.91 Å². The molecule has 142 valence electrons. The van der Waals surface area contributed by atoms with E-state index < -0.39 is 0 Å². The molecule has 1 amide bonds. The Labute approximate surface area is 163 Å². The van der Waals surface area contributed by atoms with E-state index in [4.69, 9.17) is 4.42 Å². The predicted octanol–water partition coefficient (Wildman–Crippen LogP) is 3.50. The van der Waals surface area contributed by atoms with Crippen molar-refractivity contribution in [2.45, 2.75) is 32.9 Å². The smallest absolute Gasteiger partial charge is 0.248 e.